The van der Waals surface area contributed by atoms with Crippen LogP contribution in [0.5, 0.6) is 0 Å². The van der Waals surface area contributed by atoms with E-state index in [1.165, 1.54) is 0 Å². The third-order valence-corrected chi connectivity index (χ3v) is 4.97. The monoisotopic (exact) mass is 374 g/mol. The summed E-state index contributed by atoms with van der Waals surface area (Å²) >= 11 is 0. The summed E-state index contributed by atoms with van der Waals surface area (Å²) < 4.78 is 16.1. The predicted molar refractivity (Wildman–Crippen MR) is 98.0 cm³/mol. The smallest absolute Gasteiger partial charge is 0.258 e. The Bertz CT molecular complexity index is 736. The summed E-state index contributed by atoms with van der Waals surface area (Å²) in [6.45, 7) is 4.33. The molecular weight excluding hydrogens is 348 g/mol. The number of carbonyl (C=O) groups excluding carboxylic acids is 1. The molecule has 2 aromatic heterocycles. The van der Waals surface area contributed by atoms with Crippen molar-refractivity contribution in [2.24, 2.45) is 0 Å². The zero-order chi connectivity index (χ0) is 19.1. The van der Waals surface area contributed by atoms with E-state index >= 15 is 0 Å². The number of aromatic nitrogens is 3. The maximum Gasteiger partial charge on any atom is 0.258 e. The SMILES string of the molecule is CCOCC(=O)N1CCCC(CCOC)(c2noc(-c3ccncc3)n2)C1. The summed E-state index contributed by atoms with van der Waals surface area (Å²) in [7, 11) is 1.67. The highest BCUT2D eigenvalue weighted by Gasteiger charge is 2.42. The van der Waals surface area contributed by atoms with Gasteiger partial charge in [-0.2, -0.15) is 4.98 Å². The van der Waals surface area contributed by atoms with E-state index in [2.05, 4.69) is 15.1 Å². The second kappa shape index (κ2) is 9.05. The van der Waals surface area contributed by atoms with E-state index in [9.17, 15) is 4.79 Å². The van der Waals surface area contributed by atoms with Gasteiger partial charge in [0.05, 0.1) is 5.41 Å². The Kier molecular flexibility index (Phi) is 6.52. The molecule has 1 amide bonds. The maximum absolute atomic E-state index is 12.5. The van der Waals surface area contributed by atoms with E-state index in [0.29, 0.717) is 31.5 Å². The zero-order valence-electron chi connectivity index (χ0n) is 15.9. The molecule has 0 saturated carbocycles. The van der Waals surface area contributed by atoms with Crippen molar-refractivity contribution in [3.8, 4) is 11.5 Å². The Hall–Kier alpha value is -2.32. The Morgan fingerprint density at radius 1 is 1.37 bits per heavy atom. The van der Waals surface area contributed by atoms with Gasteiger partial charge in [0.1, 0.15) is 6.61 Å². The summed E-state index contributed by atoms with van der Waals surface area (Å²) in [5.41, 5.74) is 0.441. The van der Waals surface area contributed by atoms with Gasteiger partial charge in [-0.25, -0.2) is 0 Å². The summed E-state index contributed by atoms with van der Waals surface area (Å²) in [6.07, 6.45) is 5.85. The van der Waals surface area contributed by atoms with Crippen molar-refractivity contribution in [2.75, 3.05) is 40.0 Å². The molecule has 8 nitrogen and oxygen atoms in total. The van der Waals surface area contributed by atoms with E-state index in [0.717, 1.165) is 31.4 Å². The lowest BCUT2D eigenvalue weighted by Crippen LogP contribution is -2.50. The molecule has 1 unspecified atom stereocenters. The van der Waals surface area contributed by atoms with E-state index in [-0.39, 0.29) is 17.9 Å². The van der Waals surface area contributed by atoms with Gasteiger partial charge in [0.15, 0.2) is 5.82 Å². The number of ether oxygens (including phenoxy) is 2. The molecule has 0 aromatic carbocycles. The standard InChI is InChI=1S/C19H26N4O4/c1-3-26-13-16(24)23-11-4-7-19(14-23,8-12-25-2)18-21-17(27-22-18)15-5-9-20-10-6-15/h5-6,9-10H,3-4,7-8,11-14H2,1-2H3. The van der Waals surface area contributed by atoms with Gasteiger partial charge in [-0.15, -0.1) is 0 Å². The van der Waals surface area contributed by atoms with Crippen molar-refractivity contribution in [1.29, 1.82) is 0 Å². The average molecular weight is 374 g/mol. The van der Waals surface area contributed by atoms with Crippen LogP contribution in [0.1, 0.15) is 32.0 Å². The van der Waals surface area contributed by atoms with Crippen LogP contribution in [0.15, 0.2) is 29.0 Å². The number of pyridine rings is 1. The highest BCUT2D eigenvalue weighted by atomic mass is 16.5. The van der Waals surface area contributed by atoms with Crippen LogP contribution < -0.4 is 0 Å². The number of piperidine rings is 1. The van der Waals surface area contributed by atoms with E-state index in [1.54, 1.807) is 19.5 Å². The first-order valence-corrected chi connectivity index (χ1v) is 9.27. The molecule has 27 heavy (non-hydrogen) atoms. The van der Waals surface area contributed by atoms with E-state index < -0.39 is 0 Å². The minimum absolute atomic E-state index is 0.00352. The van der Waals surface area contributed by atoms with Crippen LogP contribution in [-0.4, -0.2) is 66.0 Å². The van der Waals surface area contributed by atoms with Gasteiger partial charge in [-0.05, 0) is 38.3 Å². The van der Waals surface area contributed by atoms with Crippen LogP contribution >= 0.6 is 0 Å². The summed E-state index contributed by atoms with van der Waals surface area (Å²) in [5.74, 6) is 1.08. The predicted octanol–water partition coefficient (Wildman–Crippen LogP) is 2.06. The minimum atomic E-state index is -0.384. The third kappa shape index (κ3) is 4.51. The Morgan fingerprint density at radius 3 is 2.93 bits per heavy atom. The second-order valence-corrected chi connectivity index (χ2v) is 6.74. The van der Waals surface area contributed by atoms with Crippen molar-refractivity contribution in [3.63, 3.8) is 0 Å². The third-order valence-electron chi connectivity index (χ3n) is 4.97. The molecule has 0 N–H and O–H groups in total. The number of methoxy groups -OCH3 is 1. The lowest BCUT2D eigenvalue weighted by Gasteiger charge is -2.40. The first-order valence-electron chi connectivity index (χ1n) is 9.27. The summed E-state index contributed by atoms with van der Waals surface area (Å²) in [4.78, 5) is 23.0. The molecule has 146 valence electrons. The molecule has 0 radical (unpaired) electrons. The minimum Gasteiger partial charge on any atom is -0.385 e. The van der Waals surface area contributed by atoms with Crippen LogP contribution in [0, 0.1) is 0 Å². The molecule has 0 spiro atoms. The molecule has 0 bridgehead atoms. The van der Waals surface area contributed by atoms with Gasteiger partial charge in [-0.1, -0.05) is 5.16 Å². The first kappa shape index (κ1) is 19.4. The van der Waals surface area contributed by atoms with Gasteiger partial charge >= 0.3 is 0 Å². The van der Waals surface area contributed by atoms with Crippen LogP contribution in [-0.2, 0) is 19.7 Å². The quantitative estimate of drug-likeness (QED) is 0.698. The molecular formula is C19H26N4O4. The fourth-order valence-electron chi connectivity index (χ4n) is 3.47. The highest BCUT2D eigenvalue weighted by Crippen LogP contribution is 2.36. The van der Waals surface area contributed by atoms with Gasteiger partial charge in [0.2, 0.25) is 5.91 Å². The lowest BCUT2D eigenvalue weighted by molar-refractivity contribution is -0.138. The normalized spacial score (nSPS) is 20.0. The van der Waals surface area contributed by atoms with E-state index in [4.69, 9.17) is 14.0 Å². The second-order valence-electron chi connectivity index (χ2n) is 6.74. The first-order chi connectivity index (χ1) is 13.2. The molecule has 1 aliphatic heterocycles. The largest absolute Gasteiger partial charge is 0.385 e. The molecule has 0 aliphatic carbocycles. The van der Waals surface area contributed by atoms with Crippen molar-refractivity contribution < 1.29 is 18.8 Å². The molecule has 1 atom stereocenters. The Balaban J connectivity index is 1.84. The van der Waals surface area contributed by atoms with Gasteiger partial charge in [0.25, 0.3) is 5.89 Å². The van der Waals surface area contributed by atoms with E-state index in [1.807, 2.05) is 24.0 Å². The number of hydrogen-bond acceptors (Lipinski definition) is 7. The van der Waals surface area contributed by atoms with Crippen molar-refractivity contribution in [3.05, 3.63) is 30.4 Å². The number of carbonyl (C=O) groups is 1. The number of hydrogen-bond donors (Lipinski definition) is 0. The Morgan fingerprint density at radius 2 is 2.19 bits per heavy atom. The number of likely N-dealkylation sites (tertiary alicyclic amines) is 1. The van der Waals surface area contributed by atoms with Gasteiger partial charge in [0, 0.05) is 51.4 Å². The summed E-state index contributed by atoms with van der Waals surface area (Å²) in [5, 5.41) is 4.27. The lowest BCUT2D eigenvalue weighted by atomic mass is 9.76. The van der Waals surface area contributed by atoms with Crippen LogP contribution in [0.4, 0.5) is 0 Å². The zero-order valence-corrected chi connectivity index (χ0v) is 15.9. The fraction of sp³-hybridized carbons (Fsp3) is 0.579. The van der Waals surface area contributed by atoms with Crippen LogP contribution in [0.2, 0.25) is 0 Å². The molecule has 1 aliphatic rings. The molecule has 3 rings (SSSR count). The number of nitrogens with zero attached hydrogens (tertiary/aromatic N) is 4. The molecule has 2 aromatic rings. The topological polar surface area (TPSA) is 90.6 Å². The molecule has 8 heteroatoms. The molecule has 1 saturated heterocycles. The van der Waals surface area contributed by atoms with Gasteiger partial charge in [-0.3, -0.25) is 9.78 Å². The van der Waals surface area contributed by atoms with Crippen LogP contribution in [0.3, 0.4) is 0 Å². The maximum atomic E-state index is 12.5. The van der Waals surface area contributed by atoms with Crippen LogP contribution in [0.25, 0.3) is 11.5 Å². The highest BCUT2D eigenvalue weighted by molar-refractivity contribution is 5.77. The fourth-order valence-corrected chi connectivity index (χ4v) is 3.47. The Labute approximate surface area is 158 Å². The van der Waals surface area contributed by atoms with Gasteiger partial charge < -0.3 is 18.9 Å². The molecule has 1 fully saturated rings. The van der Waals surface area contributed by atoms with Crippen molar-refractivity contribution in [1.82, 2.24) is 20.0 Å². The van der Waals surface area contributed by atoms with Crippen molar-refractivity contribution in [2.45, 2.75) is 31.6 Å². The number of amides is 1. The number of rotatable bonds is 8. The average Bonchev–Trinajstić information content (AvgIpc) is 3.22. The summed E-state index contributed by atoms with van der Waals surface area (Å²) in [6, 6.07) is 3.66. The van der Waals surface area contributed by atoms with Crippen molar-refractivity contribution >= 4 is 5.91 Å². The molecule has 3 heterocycles.